The van der Waals surface area contributed by atoms with Crippen molar-refractivity contribution in [3.63, 3.8) is 0 Å². The molecule has 0 aromatic carbocycles. The number of hydrogen-bond donors (Lipinski definition) is 1. The summed E-state index contributed by atoms with van der Waals surface area (Å²) in [5, 5.41) is 0. The van der Waals surface area contributed by atoms with Crippen molar-refractivity contribution in [2.45, 2.75) is 39.0 Å². The van der Waals surface area contributed by atoms with E-state index in [0.717, 1.165) is 5.56 Å². The fraction of sp³-hybridized carbons (Fsp3) is 0.667. The van der Waals surface area contributed by atoms with Gasteiger partial charge in [-0.2, -0.15) is 0 Å². The Morgan fingerprint density at radius 2 is 1.81 bits per heavy atom. The summed E-state index contributed by atoms with van der Waals surface area (Å²) in [4.78, 5) is 8.03. The molecule has 1 aliphatic heterocycles. The Labute approximate surface area is 96.2 Å². The van der Waals surface area contributed by atoms with E-state index < -0.39 is 0 Å². The van der Waals surface area contributed by atoms with Crippen molar-refractivity contribution in [2.24, 2.45) is 17.6 Å². The molecule has 5 unspecified atom stereocenters. The van der Waals surface area contributed by atoms with Crippen LogP contribution in [0, 0.1) is 11.8 Å². The van der Waals surface area contributed by atoms with Crippen LogP contribution in [0.5, 0.6) is 0 Å². The van der Waals surface area contributed by atoms with Gasteiger partial charge in [0.15, 0.2) is 0 Å². The molecule has 16 heavy (non-hydrogen) atoms. The highest BCUT2D eigenvalue weighted by Gasteiger charge is 2.40. The molecule has 0 bridgehead atoms. The van der Waals surface area contributed by atoms with E-state index in [0.29, 0.717) is 11.8 Å². The van der Waals surface area contributed by atoms with E-state index in [1.807, 2.05) is 0 Å². The Hall–Kier alpha value is -1.00. The third-order valence-corrected chi connectivity index (χ3v) is 3.70. The van der Waals surface area contributed by atoms with Gasteiger partial charge >= 0.3 is 0 Å². The average Bonchev–Trinajstić information content (AvgIpc) is 2.54. The highest BCUT2D eigenvalue weighted by molar-refractivity contribution is 5.12. The van der Waals surface area contributed by atoms with Crippen molar-refractivity contribution in [1.29, 1.82) is 0 Å². The zero-order chi connectivity index (χ0) is 11.7. The molecule has 1 fully saturated rings. The minimum Gasteiger partial charge on any atom is -0.375 e. The van der Waals surface area contributed by atoms with Crippen LogP contribution in [0.15, 0.2) is 18.7 Å². The van der Waals surface area contributed by atoms with Gasteiger partial charge in [0.25, 0.3) is 0 Å². The monoisotopic (exact) mass is 221 g/mol. The predicted octanol–water partition coefficient (Wildman–Crippen LogP) is 1.54. The topological polar surface area (TPSA) is 61.0 Å². The van der Waals surface area contributed by atoms with Gasteiger partial charge in [0.05, 0.1) is 12.2 Å². The van der Waals surface area contributed by atoms with Gasteiger partial charge in [0.1, 0.15) is 6.33 Å². The molecule has 0 amide bonds. The van der Waals surface area contributed by atoms with Crippen LogP contribution in [0.25, 0.3) is 0 Å². The summed E-state index contributed by atoms with van der Waals surface area (Å²) in [7, 11) is 0. The molecule has 2 N–H and O–H groups in total. The largest absolute Gasteiger partial charge is 0.375 e. The molecule has 5 atom stereocenters. The highest BCUT2D eigenvalue weighted by Crippen LogP contribution is 2.38. The number of nitrogens with zero attached hydrogens (tertiary/aromatic N) is 2. The minimum absolute atomic E-state index is 0.0452. The van der Waals surface area contributed by atoms with Crippen LogP contribution in [-0.2, 0) is 4.74 Å². The molecular formula is C12H19N3O. The standard InChI is InChI=1S/C12H19N3O/c1-7-8(2)16-9(3)11(7)12(13)10-4-14-6-15-5-10/h4-9,11-12H,13H2,1-3H3. The zero-order valence-corrected chi connectivity index (χ0v) is 10.00. The highest BCUT2D eigenvalue weighted by atomic mass is 16.5. The molecule has 0 aliphatic carbocycles. The molecule has 88 valence electrons. The van der Waals surface area contributed by atoms with Crippen LogP contribution in [0.1, 0.15) is 32.4 Å². The Morgan fingerprint density at radius 1 is 1.19 bits per heavy atom. The number of ether oxygens (including phenoxy) is 1. The van der Waals surface area contributed by atoms with Gasteiger partial charge in [-0.25, -0.2) is 9.97 Å². The fourth-order valence-corrected chi connectivity index (χ4v) is 2.62. The van der Waals surface area contributed by atoms with Crippen molar-refractivity contribution >= 4 is 0 Å². The van der Waals surface area contributed by atoms with E-state index in [1.54, 1.807) is 12.4 Å². The molecule has 0 saturated carbocycles. The van der Waals surface area contributed by atoms with Crippen LogP contribution in [-0.4, -0.2) is 22.2 Å². The second kappa shape index (κ2) is 4.47. The smallest absolute Gasteiger partial charge is 0.115 e. The Morgan fingerprint density at radius 3 is 2.31 bits per heavy atom. The lowest BCUT2D eigenvalue weighted by Gasteiger charge is -2.25. The molecule has 1 aromatic rings. The summed E-state index contributed by atoms with van der Waals surface area (Å²) in [6, 6.07) is -0.0452. The molecule has 1 saturated heterocycles. The summed E-state index contributed by atoms with van der Waals surface area (Å²) in [6.07, 6.45) is 5.58. The van der Waals surface area contributed by atoms with Gasteiger partial charge in [0.2, 0.25) is 0 Å². The van der Waals surface area contributed by atoms with Crippen molar-refractivity contribution in [2.75, 3.05) is 0 Å². The number of rotatable bonds is 2. The molecule has 0 spiro atoms. The second-order valence-electron chi connectivity index (χ2n) is 4.68. The first-order valence-corrected chi connectivity index (χ1v) is 5.77. The van der Waals surface area contributed by atoms with Crippen LogP contribution in [0.3, 0.4) is 0 Å². The predicted molar refractivity (Wildman–Crippen MR) is 61.6 cm³/mol. The SMILES string of the molecule is CC1OC(C)C(C(N)c2cncnc2)C1C. The van der Waals surface area contributed by atoms with E-state index >= 15 is 0 Å². The van der Waals surface area contributed by atoms with Crippen molar-refractivity contribution in [1.82, 2.24) is 9.97 Å². The lowest BCUT2D eigenvalue weighted by molar-refractivity contribution is 0.0489. The average molecular weight is 221 g/mol. The van der Waals surface area contributed by atoms with Crippen molar-refractivity contribution in [3.8, 4) is 0 Å². The van der Waals surface area contributed by atoms with Gasteiger partial charge in [-0.3, -0.25) is 0 Å². The number of aromatic nitrogens is 2. The lowest BCUT2D eigenvalue weighted by Crippen LogP contribution is -2.30. The Bertz CT molecular complexity index is 343. The second-order valence-corrected chi connectivity index (χ2v) is 4.68. The maximum absolute atomic E-state index is 6.28. The summed E-state index contributed by atoms with van der Waals surface area (Å²) in [5.41, 5.74) is 7.27. The Balaban J connectivity index is 2.19. The van der Waals surface area contributed by atoms with Crippen LogP contribution in [0.4, 0.5) is 0 Å². The van der Waals surface area contributed by atoms with Gasteiger partial charge in [-0.05, 0) is 19.8 Å². The van der Waals surface area contributed by atoms with Gasteiger partial charge in [-0.1, -0.05) is 6.92 Å². The van der Waals surface area contributed by atoms with Crippen LogP contribution in [0.2, 0.25) is 0 Å². The molecule has 2 rings (SSSR count). The first-order valence-electron chi connectivity index (χ1n) is 5.77. The lowest BCUT2D eigenvalue weighted by atomic mass is 9.82. The molecule has 4 heteroatoms. The first kappa shape index (κ1) is 11.5. The van der Waals surface area contributed by atoms with E-state index in [9.17, 15) is 0 Å². The van der Waals surface area contributed by atoms with Crippen molar-refractivity contribution in [3.05, 3.63) is 24.3 Å². The normalized spacial score (nSPS) is 36.2. The first-order chi connectivity index (χ1) is 7.61. The third kappa shape index (κ3) is 1.95. The summed E-state index contributed by atoms with van der Waals surface area (Å²) in [5.74, 6) is 0.797. The fourth-order valence-electron chi connectivity index (χ4n) is 2.62. The van der Waals surface area contributed by atoms with Gasteiger partial charge in [0, 0.05) is 29.9 Å². The summed E-state index contributed by atoms with van der Waals surface area (Å²) < 4.78 is 5.81. The number of nitrogens with two attached hydrogens (primary N) is 1. The minimum atomic E-state index is -0.0452. The molecular weight excluding hydrogens is 202 g/mol. The van der Waals surface area contributed by atoms with Crippen LogP contribution >= 0.6 is 0 Å². The van der Waals surface area contributed by atoms with E-state index in [1.165, 1.54) is 6.33 Å². The molecule has 1 aliphatic rings. The molecule has 0 radical (unpaired) electrons. The Kier molecular flexibility index (Phi) is 3.21. The zero-order valence-electron chi connectivity index (χ0n) is 10.00. The van der Waals surface area contributed by atoms with Gasteiger partial charge in [-0.15, -0.1) is 0 Å². The molecule has 1 aromatic heterocycles. The quantitative estimate of drug-likeness (QED) is 0.822. The summed E-state index contributed by atoms with van der Waals surface area (Å²) >= 11 is 0. The van der Waals surface area contributed by atoms with E-state index in [2.05, 4.69) is 30.7 Å². The van der Waals surface area contributed by atoms with Crippen LogP contribution < -0.4 is 5.73 Å². The maximum Gasteiger partial charge on any atom is 0.115 e. The van der Waals surface area contributed by atoms with Gasteiger partial charge < -0.3 is 10.5 Å². The molecule has 4 nitrogen and oxygen atoms in total. The summed E-state index contributed by atoms with van der Waals surface area (Å²) in [6.45, 7) is 6.40. The molecule has 2 heterocycles. The van der Waals surface area contributed by atoms with E-state index in [-0.39, 0.29) is 18.2 Å². The maximum atomic E-state index is 6.28. The van der Waals surface area contributed by atoms with Crippen molar-refractivity contribution < 1.29 is 4.74 Å². The number of hydrogen-bond acceptors (Lipinski definition) is 4. The third-order valence-electron chi connectivity index (χ3n) is 3.70. The van der Waals surface area contributed by atoms with E-state index in [4.69, 9.17) is 10.5 Å².